The molecule has 0 saturated heterocycles. The summed E-state index contributed by atoms with van der Waals surface area (Å²) in [6.07, 6.45) is -3.85. The Morgan fingerprint density at radius 2 is 2.00 bits per heavy atom. The highest BCUT2D eigenvalue weighted by molar-refractivity contribution is 5.87. The molecule has 0 aliphatic rings. The molecule has 0 spiro atoms. The lowest BCUT2D eigenvalue weighted by Gasteiger charge is -2.18. The van der Waals surface area contributed by atoms with Crippen molar-refractivity contribution in [1.82, 2.24) is 0 Å². The van der Waals surface area contributed by atoms with Gasteiger partial charge in [-0.3, -0.25) is 4.79 Å². The smallest absolute Gasteiger partial charge is 0.335 e. The number of halogens is 1. The summed E-state index contributed by atoms with van der Waals surface area (Å²) in [6.45, 7) is 0. The van der Waals surface area contributed by atoms with E-state index in [0.29, 0.717) is 0 Å². The number of aliphatic hydroxyl groups excluding tert-OH is 2. The molecule has 0 fully saturated rings. The van der Waals surface area contributed by atoms with E-state index in [1.54, 1.807) is 0 Å². The number of esters is 1. The Balaban J connectivity index is 2.97. The van der Waals surface area contributed by atoms with Crippen molar-refractivity contribution in [2.75, 3.05) is 7.11 Å². The molecule has 2 atom stereocenters. The molecule has 0 saturated carbocycles. The molecule has 0 bridgehead atoms. The number of carbonyl (C=O) groups excluding carboxylic acids is 1. The first kappa shape index (κ1) is 15.1. The van der Waals surface area contributed by atoms with Crippen LogP contribution < -0.4 is 0 Å². The van der Waals surface area contributed by atoms with E-state index in [9.17, 15) is 24.2 Å². The molecule has 0 heterocycles. The van der Waals surface area contributed by atoms with E-state index >= 15 is 0 Å². The predicted molar refractivity (Wildman–Crippen MR) is 61.0 cm³/mol. The van der Waals surface area contributed by atoms with Crippen LogP contribution in [0.3, 0.4) is 0 Å². The zero-order valence-corrected chi connectivity index (χ0v) is 10.0. The van der Waals surface area contributed by atoms with E-state index in [0.717, 1.165) is 25.3 Å². The summed E-state index contributed by atoms with van der Waals surface area (Å²) in [6, 6.07) is 2.80. The summed E-state index contributed by atoms with van der Waals surface area (Å²) >= 11 is 0. The molecule has 19 heavy (non-hydrogen) atoms. The summed E-state index contributed by atoms with van der Waals surface area (Å²) in [5.74, 6) is -2.95. The molecular formula is C12H13FO6. The van der Waals surface area contributed by atoms with Crippen LogP contribution in [0.4, 0.5) is 4.39 Å². The van der Waals surface area contributed by atoms with Crippen molar-refractivity contribution in [2.45, 2.75) is 18.6 Å². The van der Waals surface area contributed by atoms with Gasteiger partial charge in [0.1, 0.15) is 11.9 Å². The third-order valence-electron chi connectivity index (χ3n) is 2.53. The van der Waals surface area contributed by atoms with Gasteiger partial charge < -0.3 is 20.1 Å². The topological polar surface area (TPSA) is 104 Å². The maximum atomic E-state index is 13.5. The van der Waals surface area contributed by atoms with Crippen molar-refractivity contribution in [1.29, 1.82) is 0 Å². The second kappa shape index (κ2) is 6.26. The SMILES string of the molecule is COC(=O)CC(O)C(O)c1cc(C(=O)O)ccc1F. The fraction of sp³-hybridized carbons (Fsp3) is 0.333. The lowest BCUT2D eigenvalue weighted by atomic mass is 9.99. The number of carboxylic acid groups (broad SMARTS) is 1. The van der Waals surface area contributed by atoms with Crippen molar-refractivity contribution in [3.8, 4) is 0 Å². The zero-order chi connectivity index (χ0) is 14.6. The molecule has 0 aliphatic carbocycles. The average Bonchev–Trinajstić information content (AvgIpc) is 2.37. The highest BCUT2D eigenvalue weighted by Gasteiger charge is 2.25. The molecule has 1 rings (SSSR count). The first-order valence-corrected chi connectivity index (χ1v) is 5.32. The van der Waals surface area contributed by atoms with Crippen LogP contribution in [-0.4, -0.2) is 40.5 Å². The summed E-state index contributed by atoms with van der Waals surface area (Å²) in [5, 5.41) is 28.1. The van der Waals surface area contributed by atoms with Gasteiger partial charge in [-0.15, -0.1) is 0 Å². The fourth-order valence-electron chi connectivity index (χ4n) is 1.48. The highest BCUT2D eigenvalue weighted by atomic mass is 19.1. The quantitative estimate of drug-likeness (QED) is 0.673. The van der Waals surface area contributed by atoms with Gasteiger partial charge in [-0.05, 0) is 18.2 Å². The van der Waals surface area contributed by atoms with Gasteiger partial charge in [-0.1, -0.05) is 0 Å². The van der Waals surface area contributed by atoms with E-state index in [-0.39, 0.29) is 5.56 Å². The molecule has 6 nitrogen and oxygen atoms in total. The van der Waals surface area contributed by atoms with Crippen LogP contribution in [0.15, 0.2) is 18.2 Å². The van der Waals surface area contributed by atoms with Crippen molar-refractivity contribution in [3.05, 3.63) is 35.1 Å². The number of benzene rings is 1. The van der Waals surface area contributed by atoms with Gasteiger partial charge in [0.2, 0.25) is 0 Å². The standard InChI is InChI=1S/C12H13FO6/c1-19-10(15)5-9(14)11(16)7-4-6(12(17)18)2-3-8(7)13/h2-4,9,11,14,16H,5H2,1H3,(H,17,18). The number of rotatable bonds is 5. The minimum absolute atomic E-state index is 0.235. The molecular weight excluding hydrogens is 259 g/mol. The second-order valence-electron chi connectivity index (χ2n) is 3.83. The average molecular weight is 272 g/mol. The van der Waals surface area contributed by atoms with Gasteiger partial charge in [0, 0.05) is 5.56 Å². The fourth-order valence-corrected chi connectivity index (χ4v) is 1.48. The molecule has 0 aromatic heterocycles. The van der Waals surface area contributed by atoms with Crippen LogP contribution in [0.2, 0.25) is 0 Å². The molecule has 0 amide bonds. The Kier molecular flexibility index (Phi) is 4.96. The van der Waals surface area contributed by atoms with Crippen molar-refractivity contribution >= 4 is 11.9 Å². The van der Waals surface area contributed by atoms with E-state index < -0.39 is 41.9 Å². The number of hydrogen-bond acceptors (Lipinski definition) is 5. The highest BCUT2D eigenvalue weighted by Crippen LogP contribution is 2.23. The van der Waals surface area contributed by atoms with E-state index in [2.05, 4.69) is 4.74 Å². The minimum atomic E-state index is -1.72. The van der Waals surface area contributed by atoms with E-state index in [1.165, 1.54) is 0 Å². The summed E-state index contributed by atoms with van der Waals surface area (Å²) < 4.78 is 17.8. The summed E-state index contributed by atoms with van der Waals surface area (Å²) in [5.41, 5.74) is -0.628. The molecule has 1 aromatic carbocycles. The third-order valence-corrected chi connectivity index (χ3v) is 2.53. The van der Waals surface area contributed by atoms with Crippen LogP contribution in [0.25, 0.3) is 0 Å². The lowest BCUT2D eigenvalue weighted by molar-refractivity contribution is -0.144. The van der Waals surface area contributed by atoms with Gasteiger partial charge >= 0.3 is 11.9 Å². The number of ether oxygens (including phenoxy) is 1. The second-order valence-corrected chi connectivity index (χ2v) is 3.83. The molecule has 2 unspecified atom stereocenters. The summed E-state index contributed by atoms with van der Waals surface area (Å²) in [4.78, 5) is 21.7. The Morgan fingerprint density at radius 1 is 1.37 bits per heavy atom. The predicted octanol–water partition coefficient (Wildman–Crippen LogP) is 0.481. The molecule has 3 N–H and O–H groups in total. The largest absolute Gasteiger partial charge is 0.478 e. The van der Waals surface area contributed by atoms with Crippen LogP contribution >= 0.6 is 0 Å². The Bertz CT molecular complexity index is 487. The van der Waals surface area contributed by atoms with Crippen LogP contribution in [0.1, 0.15) is 28.4 Å². The monoisotopic (exact) mass is 272 g/mol. The number of hydrogen-bond donors (Lipinski definition) is 3. The van der Waals surface area contributed by atoms with Gasteiger partial charge in [0.05, 0.1) is 25.2 Å². The van der Waals surface area contributed by atoms with Crippen molar-refractivity contribution < 1.29 is 34.0 Å². The van der Waals surface area contributed by atoms with Gasteiger partial charge in [-0.2, -0.15) is 0 Å². The summed E-state index contributed by atoms with van der Waals surface area (Å²) in [7, 11) is 1.10. The van der Waals surface area contributed by atoms with Crippen molar-refractivity contribution in [2.24, 2.45) is 0 Å². The first-order valence-electron chi connectivity index (χ1n) is 5.32. The Labute approximate surface area is 108 Å². The molecule has 1 aromatic rings. The zero-order valence-electron chi connectivity index (χ0n) is 10.0. The number of carbonyl (C=O) groups is 2. The molecule has 104 valence electrons. The van der Waals surface area contributed by atoms with Gasteiger partial charge in [0.15, 0.2) is 0 Å². The van der Waals surface area contributed by atoms with Crippen LogP contribution in [0, 0.1) is 5.82 Å². The Morgan fingerprint density at radius 3 is 2.53 bits per heavy atom. The maximum absolute atomic E-state index is 13.5. The van der Waals surface area contributed by atoms with E-state index in [4.69, 9.17) is 5.11 Å². The van der Waals surface area contributed by atoms with E-state index in [1.807, 2.05) is 0 Å². The van der Waals surface area contributed by atoms with Gasteiger partial charge in [-0.25, -0.2) is 9.18 Å². The third kappa shape index (κ3) is 3.73. The number of aromatic carboxylic acids is 1. The molecule has 7 heteroatoms. The van der Waals surface area contributed by atoms with Crippen molar-refractivity contribution in [3.63, 3.8) is 0 Å². The maximum Gasteiger partial charge on any atom is 0.335 e. The Hall–Kier alpha value is -1.99. The normalized spacial score (nSPS) is 13.7. The van der Waals surface area contributed by atoms with Crippen LogP contribution in [0.5, 0.6) is 0 Å². The van der Waals surface area contributed by atoms with Crippen LogP contribution in [-0.2, 0) is 9.53 Å². The molecule has 0 radical (unpaired) electrons. The number of methoxy groups -OCH3 is 1. The van der Waals surface area contributed by atoms with Gasteiger partial charge in [0.25, 0.3) is 0 Å². The molecule has 0 aliphatic heterocycles. The first-order chi connectivity index (χ1) is 8.86. The lowest BCUT2D eigenvalue weighted by Crippen LogP contribution is -2.23. The number of aliphatic hydroxyl groups is 2. The minimum Gasteiger partial charge on any atom is -0.478 e. The number of carboxylic acids is 1.